The van der Waals surface area contributed by atoms with E-state index in [1.807, 2.05) is 6.07 Å². The molecule has 0 aliphatic heterocycles. The zero-order valence-corrected chi connectivity index (χ0v) is 9.92. The molecule has 16 heavy (non-hydrogen) atoms. The summed E-state index contributed by atoms with van der Waals surface area (Å²) >= 11 is 5.54. The minimum atomic E-state index is -3.54. The second kappa shape index (κ2) is 5.80. The molecule has 5 nitrogen and oxygen atoms in total. The molecule has 1 rings (SSSR count). The lowest BCUT2D eigenvalue weighted by molar-refractivity contribution is 0.579. The third-order valence-corrected chi connectivity index (χ3v) is 3.44. The maximum absolute atomic E-state index is 11.6. The molecule has 0 fully saturated rings. The van der Waals surface area contributed by atoms with E-state index < -0.39 is 10.0 Å². The summed E-state index contributed by atoms with van der Waals surface area (Å²) < 4.78 is 25.6. The Hall–Kier alpha value is -1.16. The van der Waals surface area contributed by atoms with Crippen LogP contribution in [0.25, 0.3) is 0 Å². The van der Waals surface area contributed by atoms with Crippen LogP contribution in [0.4, 0.5) is 0 Å². The van der Waals surface area contributed by atoms with Crippen LogP contribution in [0.1, 0.15) is 12.8 Å². The third kappa shape index (κ3) is 3.77. The van der Waals surface area contributed by atoms with Gasteiger partial charge >= 0.3 is 0 Å². The summed E-state index contributed by atoms with van der Waals surface area (Å²) in [6.45, 7) is 0.235. The molecule has 0 unspecified atom stereocenters. The number of pyridine rings is 1. The minimum absolute atomic E-state index is 0.0638. The van der Waals surface area contributed by atoms with Gasteiger partial charge in [-0.25, -0.2) is 18.1 Å². The van der Waals surface area contributed by atoms with E-state index in [4.69, 9.17) is 16.9 Å². The molecule has 1 heterocycles. The fourth-order valence-corrected chi connectivity index (χ4v) is 2.11. The second-order valence-electron chi connectivity index (χ2n) is 2.98. The Morgan fingerprint density at radius 3 is 2.81 bits per heavy atom. The molecular formula is C9H10ClN3O2S. The SMILES string of the molecule is N#CCCCNS(=O)(=O)c1ccc(Cl)nc1. The summed E-state index contributed by atoms with van der Waals surface area (Å²) in [6, 6.07) is 4.72. The van der Waals surface area contributed by atoms with Gasteiger partial charge < -0.3 is 0 Å². The van der Waals surface area contributed by atoms with Gasteiger partial charge in [-0.05, 0) is 18.6 Å². The number of nitrogens with zero attached hydrogens (tertiary/aromatic N) is 2. The first-order chi connectivity index (χ1) is 7.56. The topological polar surface area (TPSA) is 82.9 Å². The number of aromatic nitrogens is 1. The lowest BCUT2D eigenvalue weighted by Gasteiger charge is -2.04. The number of rotatable bonds is 5. The zero-order chi connectivity index (χ0) is 12.0. The molecule has 1 N–H and O–H groups in total. The van der Waals surface area contributed by atoms with Gasteiger partial charge in [-0.3, -0.25) is 0 Å². The van der Waals surface area contributed by atoms with Crippen molar-refractivity contribution in [2.45, 2.75) is 17.7 Å². The monoisotopic (exact) mass is 259 g/mol. The fraction of sp³-hybridized carbons (Fsp3) is 0.333. The summed E-state index contributed by atoms with van der Waals surface area (Å²) in [4.78, 5) is 3.75. The Kier molecular flexibility index (Phi) is 4.68. The molecule has 0 atom stereocenters. The van der Waals surface area contributed by atoms with Crippen molar-refractivity contribution in [1.82, 2.24) is 9.71 Å². The van der Waals surface area contributed by atoms with Crippen LogP contribution >= 0.6 is 11.6 Å². The number of unbranched alkanes of at least 4 members (excludes halogenated alkanes) is 1. The van der Waals surface area contributed by atoms with E-state index in [0.717, 1.165) is 0 Å². The van der Waals surface area contributed by atoms with Crippen LogP contribution in [-0.2, 0) is 10.0 Å². The van der Waals surface area contributed by atoms with Crippen molar-refractivity contribution in [3.63, 3.8) is 0 Å². The number of hydrogen-bond acceptors (Lipinski definition) is 4. The summed E-state index contributed by atoms with van der Waals surface area (Å²) in [5.41, 5.74) is 0. The van der Waals surface area contributed by atoms with Gasteiger partial charge in [0.05, 0.1) is 6.07 Å². The van der Waals surface area contributed by atoms with Crippen molar-refractivity contribution in [3.05, 3.63) is 23.5 Å². The molecule has 86 valence electrons. The van der Waals surface area contributed by atoms with Gasteiger partial charge in [0.1, 0.15) is 10.0 Å². The first kappa shape index (κ1) is 12.9. The summed E-state index contributed by atoms with van der Waals surface area (Å²) in [5, 5.41) is 8.53. The molecule has 0 radical (unpaired) electrons. The van der Waals surface area contributed by atoms with E-state index in [1.165, 1.54) is 18.3 Å². The first-order valence-electron chi connectivity index (χ1n) is 4.54. The number of hydrogen-bond donors (Lipinski definition) is 1. The van der Waals surface area contributed by atoms with Crippen LogP contribution in [0, 0.1) is 11.3 Å². The maximum Gasteiger partial charge on any atom is 0.242 e. The van der Waals surface area contributed by atoms with Crippen LogP contribution in [0.15, 0.2) is 23.2 Å². The number of sulfonamides is 1. The molecule has 0 amide bonds. The highest BCUT2D eigenvalue weighted by atomic mass is 35.5. The van der Waals surface area contributed by atoms with Crippen LogP contribution in [0.2, 0.25) is 5.15 Å². The Bertz CT molecular complexity index is 478. The van der Waals surface area contributed by atoms with Crippen molar-refractivity contribution < 1.29 is 8.42 Å². The van der Waals surface area contributed by atoms with Crippen LogP contribution in [0.3, 0.4) is 0 Å². The smallest absolute Gasteiger partial charge is 0.242 e. The van der Waals surface area contributed by atoms with Crippen molar-refractivity contribution in [2.24, 2.45) is 0 Å². The average molecular weight is 260 g/mol. The molecule has 1 aromatic heterocycles. The lowest BCUT2D eigenvalue weighted by Crippen LogP contribution is -2.24. The van der Waals surface area contributed by atoms with Crippen LogP contribution < -0.4 is 4.72 Å². The lowest BCUT2D eigenvalue weighted by atomic mass is 10.3. The van der Waals surface area contributed by atoms with Gasteiger partial charge in [-0.1, -0.05) is 11.6 Å². The molecule has 1 aromatic rings. The predicted octanol–water partition coefficient (Wildman–Crippen LogP) is 1.32. The van der Waals surface area contributed by atoms with Gasteiger partial charge in [-0.15, -0.1) is 0 Å². The van der Waals surface area contributed by atoms with E-state index in [1.54, 1.807) is 0 Å². The van der Waals surface area contributed by atoms with Gasteiger partial charge in [0.15, 0.2) is 0 Å². The number of nitrogens with one attached hydrogen (secondary N) is 1. The molecule has 0 bridgehead atoms. The number of nitriles is 1. The molecule has 0 spiro atoms. The third-order valence-electron chi connectivity index (χ3n) is 1.77. The van der Waals surface area contributed by atoms with Crippen molar-refractivity contribution in [3.8, 4) is 6.07 Å². The van der Waals surface area contributed by atoms with E-state index in [9.17, 15) is 8.42 Å². The largest absolute Gasteiger partial charge is 0.243 e. The number of halogens is 1. The first-order valence-corrected chi connectivity index (χ1v) is 6.40. The predicted molar refractivity (Wildman–Crippen MR) is 59.3 cm³/mol. The standard InChI is InChI=1S/C9H10ClN3O2S/c10-9-4-3-8(7-12-9)16(14,15)13-6-2-1-5-11/h3-4,7,13H,1-2,6H2. The highest BCUT2D eigenvalue weighted by Crippen LogP contribution is 2.10. The summed E-state index contributed by atoms with van der Waals surface area (Å²) in [7, 11) is -3.54. The molecule has 0 aliphatic carbocycles. The zero-order valence-electron chi connectivity index (χ0n) is 8.35. The van der Waals surface area contributed by atoms with E-state index >= 15 is 0 Å². The van der Waals surface area contributed by atoms with E-state index in [2.05, 4.69) is 9.71 Å². The average Bonchev–Trinajstić information content (AvgIpc) is 2.25. The van der Waals surface area contributed by atoms with Crippen molar-refractivity contribution >= 4 is 21.6 Å². The van der Waals surface area contributed by atoms with E-state index in [-0.39, 0.29) is 16.6 Å². The molecule has 0 saturated carbocycles. The summed E-state index contributed by atoms with van der Waals surface area (Å²) in [5.74, 6) is 0. The van der Waals surface area contributed by atoms with Gasteiger partial charge in [-0.2, -0.15) is 5.26 Å². The Morgan fingerprint density at radius 2 is 2.25 bits per heavy atom. The second-order valence-corrected chi connectivity index (χ2v) is 5.13. The molecule has 0 aliphatic rings. The quantitative estimate of drug-likeness (QED) is 0.639. The van der Waals surface area contributed by atoms with E-state index in [0.29, 0.717) is 12.8 Å². The Labute approximate surface area is 99.1 Å². The molecule has 0 saturated heterocycles. The highest BCUT2D eigenvalue weighted by Gasteiger charge is 2.13. The molecular weight excluding hydrogens is 250 g/mol. The van der Waals surface area contributed by atoms with Crippen molar-refractivity contribution in [1.29, 1.82) is 5.26 Å². The minimum Gasteiger partial charge on any atom is -0.243 e. The fourth-order valence-electron chi connectivity index (χ4n) is 0.979. The summed E-state index contributed by atoms with van der Waals surface area (Å²) in [6.07, 6.45) is 1.99. The Balaban J connectivity index is 2.64. The van der Waals surface area contributed by atoms with Crippen LogP contribution in [-0.4, -0.2) is 19.9 Å². The van der Waals surface area contributed by atoms with Gasteiger partial charge in [0.2, 0.25) is 10.0 Å². The van der Waals surface area contributed by atoms with Gasteiger partial charge in [0.25, 0.3) is 0 Å². The molecule has 7 heteroatoms. The van der Waals surface area contributed by atoms with Crippen LogP contribution in [0.5, 0.6) is 0 Å². The van der Waals surface area contributed by atoms with Gasteiger partial charge in [0, 0.05) is 19.2 Å². The molecule has 0 aromatic carbocycles. The highest BCUT2D eigenvalue weighted by molar-refractivity contribution is 7.89. The Morgan fingerprint density at radius 1 is 1.50 bits per heavy atom. The van der Waals surface area contributed by atoms with Crippen molar-refractivity contribution in [2.75, 3.05) is 6.54 Å². The normalized spacial score (nSPS) is 11.0. The maximum atomic E-state index is 11.6.